The van der Waals surface area contributed by atoms with Gasteiger partial charge in [-0.25, -0.2) is 14.7 Å². The largest absolute Gasteiger partial charge is 0.254 e. The maximum Gasteiger partial charge on any atom is 0.182 e. The van der Waals surface area contributed by atoms with Crippen molar-refractivity contribution in [3.63, 3.8) is 0 Å². The second-order valence-corrected chi connectivity index (χ2v) is 7.08. The van der Waals surface area contributed by atoms with Crippen LogP contribution in [0.5, 0.6) is 0 Å². The molecule has 0 radical (unpaired) electrons. The van der Waals surface area contributed by atoms with Crippen molar-refractivity contribution >= 4 is 50.8 Å². The summed E-state index contributed by atoms with van der Waals surface area (Å²) in [6.45, 7) is 0. The predicted molar refractivity (Wildman–Crippen MR) is 113 cm³/mol. The first-order chi connectivity index (χ1) is 13.7. The van der Waals surface area contributed by atoms with E-state index in [2.05, 4.69) is 15.3 Å². The molecule has 0 aliphatic heterocycles. The number of nitrogens with one attached hydrogen (secondary N) is 1. The molecule has 3 aromatic carbocycles. The zero-order chi connectivity index (χ0) is 19.1. The van der Waals surface area contributed by atoms with E-state index in [1.807, 2.05) is 65.3 Å². The van der Waals surface area contributed by atoms with Crippen molar-refractivity contribution in [1.29, 1.82) is 0 Å². The highest BCUT2D eigenvalue weighted by Gasteiger charge is 2.12. The van der Waals surface area contributed by atoms with Crippen LogP contribution >= 0.6 is 23.2 Å². The van der Waals surface area contributed by atoms with E-state index in [9.17, 15) is 0 Å². The van der Waals surface area contributed by atoms with Crippen LogP contribution in [-0.2, 0) is 0 Å². The molecule has 28 heavy (non-hydrogen) atoms. The number of fused-ring (bicyclic) bond motifs is 4. The van der Waals surface area contributed by atoms with Gasteiger partial charge in [0.15, 0.2) is 5.65 Å². The Labute approximate surface area is 169 Å². The smallest absolute Gasteiger partial charge is 0.182 e. The van der Waals surface area contributed by atoms with Gasteiger partial charge < -0.3 is 0 Å². The van der Waals surface area contributed by atoms with Gasteiger partial charge >= 0.3 is 0 Å². The molecule has 5 rings (SSSR count). The molecule has 1 N–H and O–H groups in total. The summed E-state index contributed by atoms with van der Waals surface area (Å²) < 4.78 is 1.85. The lowest BCUT2D eigenvalue weighted by molar-refractivity contribution is 0.880. The van der Waals surface area contributed by atoms with Gasteiger partial charge in [-0.2, -0.15) is 5.10 Å². The van der Waals surface area contributed by atoms with Crippen molar-refractivity contribution in [2.24, 2.45) is 0 Å². The molecule has 0 atom stereocenters. The number of aromatic amines is 1. The number of hydrogen-bond acceptors (Lipinski definition) is 3. The highest BCUT2D eigenvalue weighted by molar-refractivity contribution is 6.42. The van der Waals surface area contributed by atoms with Gasteiger partial charge in [0.05, 0.1) is 26.6 Å². The zero-order valence-electron chi connectivity index (χ0n) is 14.5. The quantitative estimate of drug-likeness (QED) is 0.380. The van der Waals surface area contributed by atoms with Crippen LogP contribution in [0.2, 0.25) is 10.0 Å². The molecule has 136 valence electrons. The Morgan fingerprint density at radius 3 is 2.46 bits per heavy atom. The van der Waals surface area contributed by atoms with Gasteiger partial charge in [-0.3, -0.25) is 4.98 Å². The number of aromatic nitrogens is 5. The van der Waals surface area contributed by atoms with E-state index in [0.717, 1.165) is 27.5 Å². The third-order valence-electron chi connectivity index (χ3n) is 4.51. The fourth-order valence-corrected chi connectivity index (χ4v) is 3.43. The van der Waals surface area contributed by atoms with Crippen LogP contribution in [-0.4, -0.2) is 24.8 Å². The lowest BCUT2D eigenvalue weighted by Gasteiger charge is -2.00. The summed E-state index contributed by atoms with van der Waals surface area (Å²) in [5, 5.41) is 9.51. The highest BCUT2D eigenvalue weighted by Crippen LogP contribution is 2.29. The number of rotatable bonds is 1. The predicted octanol–water partition coefficient (Wildman–Crippen LogP) is 5.86. The molecule has 0 fully saturated rings. The molecule has 7 heteroatoms. The van der Waals surface area contributed by atoms with Crippen molar-refractivity contribution in [3.8, 4) is 11.3 Å². The third kappa shape index (κ3) is 2.85. The van der Waals surface area contributed by atoms with Gasteiger partial charge in [-0.05, 0) is 30.3 Å². The summed E-state index contributed by atoms with van der Waals surface area (Å²) in [6, 6.07) is 21.1. The average molecular weight is 406 g/mol. The van der Waals surface area contributed by atoms with Crippen LogP contribution in [0, 0.1) is 0 Å². The molecule has 0 bridgehead atoms. The van der Waals surface area contributed by atoms with Crippen LogP contribution in [0.3, 0.4) is 0 Å². The van der Waals surface area contributed by atoms with Crippen molar-refractivity contribution in [1.82, 2.24) is 24.8 Å². The number of halogens is 2. The minimum Gasteiger partial charge on any atom is -0.254 e. The van der Waals surface area contributed by atoms with E-state index in [1.165, 1.54) is 0 Å². The van der Waals surface area contributed by atoms with Gasteiger partial charge in [-0.1, -0.05) is 59.6 Å². The van der Waals surface area contributed by atoms with E-state index in [0.29, 0.717) is 21.4 Å². The summed E-state index contributed by atoms with van der Waals surface area (Å²) in [7, 11) is 0. The first-order valence-corrected chi connectivity index (χ1v) is 9.36. The van der Waals surface area contributed by atoms with Crippen molar-refractivity contribution in [2.75, 3.05) is 0 Å². The van der Waals surface area contributed by atoms with Crippen molar-refractivity contribution < 1.29 is 0 Å². The molecule has 0 spiro atoms. The minimum absolute atomic E-state index is 0.466. The SMILES string of the molecule is Clc1ccc(-c2n[nH]n3c2nc2ccccc2ncc2ccccc23)cc1Cl. The van der Waals surface area contributed by atoms with E-state index in [4.69, 9.17) is 28.2 Å². The fourth-order valence-electron chi connectivity index (χ4n) is 3.13. The molecular formula is C21H13Cl2N5. The van der Waals surface area contributed by atoms with Gasteiger partial charge in [-0.15, -0.1) is 0 Å². The molecule has 0 saturated carbocycles. The van der Waals surface area contributed by atoms with E-state index in [-0.39, 0.29) is 0 Å². The lowest BCUT2D eigenvalue weighted by Crippen LogP contribution is -1.89. The Hall–Kier alpha value is -3.15. The molecule has 5 nitrogen and oxygen atoms in total. The van der Waals surface area contributed by atoms with Crippen molar-refractivity contribution in [2.45, 2.75) is 0 Å². The second kappa shape index (κ2) is 6.78. The van der Waals surface area contributed by atoms with Crippen molar-refractivity contribution in [3.05, 3.63) is 83.0 Å². The summed E-state index contributed by atoms with van der Waals surface area (Å²) >= 11 is 12.3. The molecule has 0 aliphatic carbocycles. The highest BCUT2D eigenvalue weighted by atomic mass is 35.5. The number of benzene rings is 3. The van der Waals surface area contributed by atoms with Crippen LogP contribution in [0.4, 0.5) is 0 Å². The minimum atomic E-state index is 0.466. The van der Waals surface area contributed by atoms with E-state index >= 15 is 0 Å². The molecule has 0 saturated heterocycles. The molecule has 2 heterocycles. The number of nitrogens with zero attached hydrogens (tertiary/aromatic N) is 4. The van der Waals surface area contributed by atoms with Gasteiger partial charge in [0.2, 0.25) is 0 Å². The molecule has 0 aliphatic rings. The van der Waals surface area contributed by atoms with Crippen LogP contribution in [0.1, 0.15) is 0 Å². The number of para-hydroxylation sites is 3. The maximum absolute atomic E-state index is 6.23. The molecule has 5 aromatic rings. The standard InChI is InChI=1S/C21H13Cl2N5/c22-15-10-9-13(11-16(15)23)20-21-25-18-7-3-2-6-17(18)24-12-14-5-1-4-8-19(14)28(21)27-26-20/h1-12,27H. The monoisotopic (exact) mass is 405 g/mol. The summed E-state index contributed by atoms with van der Waals surface area (Å²) in [5.74, 6) is 0. The summed E-state index contributed by atoms with van der Waals surface area (Å²) in [6.07, 6.45) is 1.84. The zero-order valence-corrected chi connectivity index (χ0v) is 16.0. The number of hydrogen-bond donors (Lipinski definition) is 1. The fraction of sp³-hybridized carbons (Fsp3) is 0. The first-order valence-electron chi connectivity index (χ1n) is 8.61. The Bertz CT molecular complexity index is 1400. The third-order valence-corrected chi connectivity index (χ3v) is 5.25. The molecule has 2 aromatic heterocycles. The molecule has 0 amide bonds. The summed E-state index contributed by atoms with van der Waals surface area (Å²) in [5.41, 5.74) is 4.58. The Morgan fingerprint density at radius 1 is 0.821 bits per heavy atom. The van der Waals surface area contributed by atoms with E-state index < -0.39 is 0 Å². The second-order valence-electron chi connectivity index (χ2n) is 6.27. The normalized spacial score (nSPS) is 11.2. The number of H-pyrrole nitrogens is 1. The van der Waals surface area contributed by atoms with Gasteiger partial charge in [0.25, 0.3) is 0 Å². The maximum atomic E-state index is 6.23. The Balaban J connectivity index is 1.99. The average Bonchev–Trinajstić information content (AvgIpc) is 3.14. The van der Waals surface area contributed by atoms with Gasteiger partial charge in [0, 0.05) is 17.1 Å². The Kier molecular flexibility index (Phi) is 4.11. The topological polar surface area (TPSA) is 58.9 Å². The summed E-state index contributed by atoms with van der Waals surface area (Å²) in [4.78, 5) is 9.52. The lowest BCUT2D eigenvalue weighted by atomic mass is 10.1. The molecular weight excluding hydrogens is 393 g/mol. The van der Waals surface area contributed by atoms with E-state index in [1.54, 1.807) is 12.1 Å². The van der Waals surface area contributed by atoms with Crippen LogP contribution in [0.15, 0.2) is 72.9 Å². The Morgan fingerprint density at radius 2 is 1.61 bits per heavy atom. The van der Waals surface area contributed by atoms with Crippen LogP contribution in [0.25, 0.3) is 38.8 Å². The first kappa shape index (κ1) is 17.0. The van der Waals surface area contributed by atoms with Gasteiger partial charge in [0.1, 0.15) is 5.69 Å². The van der Waals surface area contributed by atoms with Crippen LogP contribution < -0.4 is 0 Å². The molecule has 0 unspecified atom stereocenters.